The van der Waals surface area contributed by atoms with Crippen LogP contribution in [0.3, 0.4) is 0 Å². The predicted octanol–water partition coefficient (Wildman–Crippen LogP) is 5.01. The van der Waals surface area contributed by atoms with E-state index in [1.54, 1.807) is 44.2 Å². The lowest BCUT2D eigenvalue weighted by Crippen LogP contribution is -2.15. The highest BCUT2D eigenvalue weighted by Gasteiger charge is 2.16. The molecule has 0 saturated heterocycles. The van der Waals surface area contributed by atoms with Crippen molar-refractivity contribution in [2.24, 2.45) is 0 Å². The van der Waals surface area contributed by atoms with Crippen LogP contribution in [0.15, 0.2) is 65.7 Å². The highest BCUT2D eigenvalue weighted by atomic mass is 35.5. The van der Waals surface area contributed by atoms with Crippen LogP contribution in [0.25, 0.3) is 0 Å². The summed E-state index contributed by atoms with van der Waals surface area (Å²) in [5.74, 6) is -0.244. The first-order valence-electron chi connectivity index (χ1n) is 9.02. The number of sulfonamides is 1. The fourth-order valence-electron chi connectivity index (χ4n) is 2.64. The van der Waals surface area contributed by atoms with E-state index in [2.05, 4.69) is 20.0 Å². The zero-order valence-corrected chi connectivity index (χ0v) is 18.9. The van der Waals surface area contributed by atoms with Crippen molar-refractivity contribution >= 4 is 50.6 Å². The minimum Gasteiger partial charge on any atom is -0.362 e. The topological polar surface area (TPSA) is 101 Å². The lowest BCUT2D eigenvalue weighted by atomic mass is 10.1. The van der Waals surface area contributed by atoms with Gasteiger partial charge in [-0.2, -0.15) is 0 Å². The molecule has 160 valence electrons. The Bertz CT molecular complexity index is 1240. The summed E-state index contributed by atoms with van der Waals surface area (Å²) in [7, 11) is -3.84. The van der Waals surface area contributed by atoms with Crippen molar-refractivity contribution in [1.82, 2.24) is 9.97 Å². The molecule has 0 atom stereocenters. The molecular weight excluding hydrogens is 459 g/mol. The molecule has 0 aliphatic heterocycles. The number of benzene rings is 2. The molecule has 0 fully saturated rings. The van der Waals surface area contributed by atoms with Crippen LogP contribution >= 0.6 is 23.2 Å². The van der Waals surface area contributed by atoms with Crippen LogP contribution < -0.4 is 10.0 Å². The zero-order valence-electron chi connectivity index (χ0n) is 16.6. The number of aromatic nitrogens is 2. The molecule has 31 heavy (non-hydrogen) atoms. The summed E-state index contributed by atoms with van der Waals surface area (Å²) in [6.45, 7) is 3.51. The number of nitrogens with one attached hydrogen (secondary N) is 2. The van der Waals surface area contributed by atoms with Gasteiger partial charge in [0.25, 0.3) is 10.0 Å². The van der Waals surface area contributed by atoms with Crippen molar-refractivity contribution in [2.45, 2.75) is 18.7 Å². The lowest BCUT2D eigenvalue weighted by Gasteiger charge is -2.09. The van der Waals surface area contributed by atoms with Gasteiger partial charge in [0.1, 0.15) is 0 Å². The molecule has 10 heteroatoms. The van der Waals surface area contributed by atoms with Gasteiger partial charge in [0.05, 0.1) is 14.9 Å². The number of hydrogen-bond donors (Lipinski definition) is 2. The second kappa shape index (κ2) is 9.47. The number of carbonyl (C=O) groups excluding carboxylic acids is 1. The monoisotopic (exact) mass is 476 g/mol. The van der Waals surface area contributed by atoms with Gasteiger partial charge in [-0.3, -0.25) is 4.79 Å². The van der Waals surface area contributed by atoms with Crippen molar-refractivity contribution < 1.29 is 13.2 Å². The Labute approximate surface area is 190 Å². The smallest absolute Gasteiger partial charge is 0.264 e. The molecule has 1 heterocycles. The summed E-state index contributed by atoms with van der Waals surface area (Å²) in [4.78, 5) is 20.4. The standard InChI is InChI=1S/C21H18Cl2N4O3S/c1-13-11-14(2)26-21(25-13)27-31(29,30)17-6-4-16(5-7-17)24-10-9-20(28)15-3-8-18(22)19(23)12-15/h3-12,24H,1-2H3,(H,25,26,27). The van der Waals surface area contributed by atoms with Crippen molar-refractivity contribution in [1.29, 1.82) is 0 Å². The predicted molar refractivity (Wildman–Crippen MR) is 122 cm³/mol. The van der Waals surface area contributed by atoms with Crippen LogP contribution in [-0.4, -0.2) is 24.2 Å². The maximum absolute atomic E-state index is 12.6. The molecule has 0 radical (unpaired) electrons. The second-order valence-electron chi connectivity index (χ2n) is 6.57. The first-order valence-corrected chi connectivity index (χ1v) is 11.3. The molecule has 0 amide bonds. The van der Waals surface area contributed by atoms with Crippen LogP contribution in [-0.2, 0) is 10.0 Å². The van der Waals surface area contributed by atoms with Gasteiger partial charge in [0, 0.05) is 34.9 Å². The van der Waals surface area contributed by atoms with Crippen LogP contribution in [0.1, 0.15) is 21.7 Å². The highest BCUT2D eigenvalue weighted by molar-refractivity contribution is 7.92. The molecule has 2 N–H and O–H groups in total. The average molecular weight is 477 g/mol. The summed E-state index contributed by atoms with van der Waals surface area (Å²) in [6.07, 6.45) is 2.79. The SMILES string of the molecule is Cc1cc(C)nc(NS(=O)(=O)c2ccc(NC=CC(=O)c3ccc(Cl)c(Cl)c3)cc2)n1. The van der Waals surface area contributed by atoms with E-state index in [9.17, 15) is 13.2 Å². The van der Waals surface area contributed by atoms with Gasteiger partial charge in [0.15, 0.2) is 5.78 Å². The third-order valence-electron chi connectivity index (χ3n) is 4.06. The van der Waals surface area contributed by atoms with E-state index in [-0.39, 0.29) is 16.6 Å². The Morgan fingerprint density at radius 3 is 2.19 bits per heavy atom. The number of rotatable bonds is 7. The summed E-state index contributed by atoms with van der Waals surface area (Å²) >= 11 is 11.8. The fraction of sp³-hybridized carbons (Fsp3) is 0.0952. The maximum Gasteiger partial charge on any atom is 0.264 e. The van der Waals surface area contributed by atoms with Crippen molar-refractivity contribution in [3.63, 3.8) is 0 Å². The second-order valence-corrected chi connectivity index (χ2v) is 9.07. The molecule has 0 unspecified atom stereocenters. The fourth-order valence-corrected chi connectivity index (χ4v) is 3.88. The molecule has 0 bridgehead atoms. The van der Waals surface area contributed by atoms with Crippen LogP contribution in [0.5, 0.6) is 0 Å². The van der Waals surface area contributed by atoms with Crippen molar-refractivity contribution in [3.05, 3.63) is 87.8 Å². The number of hydrogen-bond acceptors (Lipinski definition) is 6. The van der Waals surface area contributed by atoms with E-state index in [4.69, 9.17) is 23.2 Å². The minimum atomic E-state index is -3.84. The number of halogens is 2. The highest BCUT2D eigenvalue weighted by Crippen LogP contribution is 2.23. The normalized spacial score (nSPS) is 11.5. The van der Waals surface area contributed by atoms with Gasteiger partial charge in [-0.15, -0.1) is 0 Å². The molecule has 1 aromatic heterocycles. The molecule has 7 nitrogen and oxygen atoms in total. The molecular formula is C21H18Cl2N4O3S. The third-order valence-corrected chi connectivity index (χ3v) is 6.14. The molecule has 0 saturated carbocycles. The zero-order chi connectivity index (χ0) is 22.6. The number of ketones is 1. The Balaban J connectivity index is 1.65. The van der Waals surface area contributed by atoms with Gasteiger partial charge >= 0.3 is 0 Å². The van der Waals surface area contributed by atoms with Crippen LogP contribution in [0.2, 0.25) is 10.0 Å². The summed E-state index contributed by atoms with van der Waals surface area (Å²) in [6, 6.07) is 12.4. The first kappa shape index (κ1) is 22.7. The molecule has 3 rings (SSSR count). The van der Waals surface area contributed by atoms with E-state index in [0.717, 1.165) is 0 Å². The van der Waals surface area contributed by atoms with Crippen molar-refractivity contribution in [3.8, 4) is 0 Å². The van der Waals surface area contributed by atoms with E-state index in [1.807, 2.05) is 0 Å². The third kappa shape index (κ3) is 6.04. The maximum atomic E-state index is 12.6. The van der Waals surface area contributed by atoms with E-state index in [0.29, 0.717) is 32.7 Å². The quantitative estimate of drug-likeness (QED) is 0.367. The largest absolute Gasteiger partial charge is 0.362 e. The molecule has 0 aliphatic carbocycles. The van der Waals surface area contributed by atoms with E-state index >= 15 is 0 Å². The minimum absolute atomic E-state index is 0.0171. The number of anilines is 2. The lowest BCUT2D eigenvalue weighted by molar-refractivity contribution is 0.104. The molecule has 0 spiro atoms. The number of carbonyl (C=O) groups is 1. The molecule has 2 aromatic carbocycles. The Kier molecular flexibility index (Phi) is 6.94. The van der Waals surface area contributed by atoms with Crippen molar-refractivity contribution in [2.75, 3.05) is 10.0 Å². The van der Waals surface area contributed by atoms with E-state index < -0.39 is 10.0 Å². The summed E-state index contributed by atoms with van der Waals surface area (Å²) < 4.78 is 27.5. The molecule has 3 aromatic rings. The average Bonchev–Trinajstić information content (AvgIpc) is 2.69. The Morgan fingerprint density at radius 2 is 1.58 bits per heavy atom. The van der Waals surface area contributed by atoms with Crippen LogP contribution in [0, 0.1) is 13.8 Å². The Hall–Kier alpha value is -2.94. The van der Waals surface area contributed by atoms with Gasteiger partial charge in [-0.25, -0.2) is 23.1 Å². The van der Waals surface area contributed by atoms with Gasteiger partial charge in [0.2, 0.25) is 5.95 Å². The van der Waals surface area contributed by atoms with Gasteiger partial charge in [-0.05, 0) is 62.4 Å². The summed E-state index contributed by atoms with van der Waals surface area (Å²) in [5.41, 5.74) is 2.31. The number of allylic oxidation sites excluding steroid dienone is 1. The number of aryl methyl sites for hydroxylation is 2. The van der Waals surface area contributed by atoms with E-state index in [1.165, 1.54) is 30.5 Å². The van der Waals surface area contributed by atoms with Crippen LogP contribution in [0.4, 0.5) is 11.6 Å². The Morgan fingerprint density at radius 1 is 0.935 bits per heavy atom. The van der Waals surface area contributed by atoms with Gasteiger partial charge < -0.3 is 5.32 Å². The number of nitrogens with zero attached hydrogens (tertiary/aromatic N) is 2. The molecule has 0 aliphatic rings. The summed E-state index contributed by atoms with van der Waals surface area (Å²) in [5, 5.41) is 3.58. The first-order chi connectivity index (χ1) is 14.6. The van der Waals surface area contributed by atoms with Gasteiger partial charge in [-0.1, -0.05) is 23.2 Å².